The molecule has 0 radical (unpaired) electrons. The minimum atomic E-state index is -2.93. The number of hydrogen-bond donors (Lipinski definition) is 0. The van der Waals surface area contributed by atoms with Crippen LogP contribution < -0.4 is 0 Å². The highest BCUT2D eigenvalue weighted by atomic mass is 15.1. The summed E-state index contributed by atoms with van der Waals surface area (Å²) in [6.07, 6.45) is -2.71. The van der Waals surface area contributed by atoms with E-state index in [0.717, 1.165) is 49.4 Å². The van der Waals surface area contributed by atoms with Crippen LogP contribution in [0.1, 0.15) is 19.5 Å². The van der Waals surface area contributed by atoms with E-state index in [1.54, 1.807) is 10.6 Å². The Balaban J connectivity index is 1.42. The fourth-order valence-corrected chi connectivity index (χ4v) is 6.42. The average Bonchev–Trinajstić information content (AvgIpc) is 3.51. The number of fused-ring (bicyclic) bond motifs is 3. The predicted octanol–water partition coefficient (Wildman–Crippen LogP) is 10.9. The maximum atomic E-state index is 8.79. The number of nitrogens with zero attached hydrogens (tertiary/aromatic N) is 2. The number of para-hydroxylation sites is 3. The molecule has 0 aliphatic carbocycles. The van der Waals surface area contributed by atoms with Crippen LogP contribution >= 0.6 is 0 Å². The molecule has 0 N–H and O–H groups in total. The van der Waals surface area contributed by atoms with E-state index >= 15 is 0 Å². The standard InChI is InChI=1S/C41H30N2/c1-2-39-42-36-21-11-13-23-38(36)43(39)37-22-12-10-20-35(37)41-33-18-8-6-16-31(33)40(32-17-7-9-19-34(32)41)30-26-24-29(25-27-30)28-14-4-3-5-15-28/h3-27H,2H2,1H3/i1D3,2D2. The predicted molar refractivity (Wildman–Crippen MR) is 182 cm³/mol. The third-order valence-corrected chi connectivity index (χ3v) is 8.30. The monoisotopic (exact) mass is 555 g/mol. The minimum Gasteiger partial charge on any atom is -0.296 e. The zero-order valence-electron chi connectivity index (χ0n) is 28.3. The van der Waals surface area contributed by atoms with Gasteiger partial charge in [0.25, 0.3) is 0 Å². The van der Waals surface area contributed by atoms with E-state index < -0.39 is 13.2 Å². The number of rotatable bonds is 5. The van der Waals surface area contributed by atoms with Crippen molar-refractivity contribution in [1.29, 1.82) is 0 Å². The zero-order valence-corrected chi connectivity index (χ0v) is 23.3. The first-order valence-corrected chi connectivity index (χ1v) is 14.4. The van der Waals surface area contributed by atoms with Gasteiger partial charge in [0.15, 0.2) is 0 Å². The summed E-state index contributed by atoms with van der Waals surface area (Å²) in [6, 6.07) is 51.0. The van der Waals surface area contributed by atoms with Crippen LogP contribution in [0.5, 0.6) is 0 Å². The average molecular weight is 556 g/mol. The molecule has 7 aromatic carbocycles. The van der Waals surface area contributed by atoms with Crippen LogP contribution in [0, 0.1) is 0 Å². The number of hydrogen-bond acceptors (Lipinski definition) is 1. The molecule has 0 spiro atoms. The molecule has 0 saturated carbocycles. The largest absolute Gasteiger partial charge is 0.296 e. The topological polar surface area (TPSA) is 17.8 Å². The van der Waals surface area contributed by atoms with Crippen LogP contribution in [0.25, 0.3) is 71.6 Å². The third kappa shape index (κ3) is 4.14. The van der Waals surface area contributed by atoms with Crippen molar-refractivity contribution in [2.24, 2.45) is 0 Å². The molecule has 1 heterocycles. The van der Waals surface area contributed by atoms with Gasteiger partial charge in [-0.05, 0) is 67.6 Å². The molecule has 0 atom stereocenters. The van der Waals surface area contributed by atoms with Crippen molar-refractivity contribution >= 4 is 32.6 Å². The van der Waals surface area contributed by atoms with E-state index in [-0.39, 0.29) is 5.82 Å². The molecular weight excluding hydrogens is 520 g/mol. The maximum absolute atomic E-state index is 8.79. The first-order valence-electron chi connectivity index (χ1n) is 16.9. The third-order valence-electron chi connectivity index (χ3n) is 8.30. The van der Waals surface area contributed by atoms with Crippen LogP contribution in [0.3, 0.4) is 0 Å². The van der Waals surface area contributed by atoms with Crippen molar-refractivity contribution in [3.8, 4) is 39.1 Å². The van der Waals surface area contributed by atoms with Crippen molar-refractivity contribution in [2.75, 3.05) is 0 Å². The lowest BCUT2D eigenvalue weighted by molar-refractivity contribution is 0.909. The second kappa shape index (κ2) is 10.4. The highest BCUT2D eigenvalue weighted by Crippen LogP contribution is 2.45. The molecule has 2 nitrogen and oxygen atoms in total. The molecule has 2 heteroatoms. The molecule has 43 heavy (non-hydrogen) atoms. The van der Waals surface area contributed by atoms with Gasteiger partial charge in [0.2, 0.25) is 0 Å². The van der Waals surface area contributed by atoms with Crippen molar-refractivity contribution in [3.63, 3.8) is 0 Å². The first kappa shape index (κ1) is 20.4. The lowest BCUT2D eigenvalue weighted by atomic mass is 9.85. The number of imidazole rings is 1. The smallest absolute Gasteiger partial charge is 0.114 e. The van der Waals surface area contributed by atoms with Gasteiger partial charge in [0.05, 0.1) is 16.7 Å². The van der Waals surface area contributed by atoms with Gasteiger partial charge in [-0.25, -0.2) is 4.98 Å². The molecule has 8 aromatic rings. The molecule has 1 aromatic heterocycles. The Bertz CT molecular complexity index is 2400. The first-order chi connectivity index (χ1) is 23.2. The quantitative estimate of drug-likeness (QED) is 0.193. The van der Waals surface area contributed by atoms with E-state index in [1.165, 1.54) is 5.56 Å². The highest BCUT2D eigenvalue weighted by Gasteiger charge is 2.20. The molecule has 0 amide bonds. The SMILES string of the molecule is [2H]C([2H])([2H])C([2H])([2H])c1nc2ccccc2n1-c1ccccc1-c1c2ccccc2c(-c2ccc(-c3ccccc3)cc2)c2ccccc12. The van der Waals surface area contributed by atoms with Crippen molar-refractivity contribution < 1.29 is 6.85 Å². The maximum Gasteiger partial charge on any atom is 0.114 e. The summed E-state index contributed by atoms with van der Waals surface area (Å²) < 4.78 is 43.6. The number of aryl methyl sites for hydroxylation is 1. The van der Waals surface area contributed by atoms with Gasteiger partial charge in [-0.3, -0.25) is 4.57 Å². The van der Waals surface area contributed by atoms with Crippen molar-refractivity contribution in [3.05, 3.63) is 157 Å². The van der Waals surface area contributed by atoms with Crippen molar-refractivity contribution in [2.45, 2.75) is 13.2 Å². The van der Waals surface area contributed by atoms with E-state index in [2.05, 4.69) is 77.8 Å². The van der Waals surface area contributed by atoms with E-state index in [9.17, 15) is 0 Å². The molecular formula is C41H30N2. The molecule has 0 aliphatic rings. The van der Waals surface area contributed by atoms with E-state index in [4.69, 9.17) is 6.85 Å². The zero-order chi connectivity index (χ0) is 33.0. The Labute approximate surface area is 258 Å². The normalized spacial score (nSPS) is 13.8. The Morgan fingerprint density at radius 1 is 0.535 bits per heavy atom. The van der Waals surface area contributed by atoms with E-state index in [1.807, 2.05) is 72.8 Å². The van der Waals surface area contributed by atoms with Crippen molar-refractivity contribution in [1.82, 2.24) is 9.55 Å². The summed E-state index contributed by atoms with van der Waals surface area (Å²) >= 11 is 0. The van der Waals surface area contributed by atoms with Crippen LogP contribution in [0.2, 0.25) is 0 Å². The summed E-state index contributed by atoms with van der Waals surface area (Å²) in [7, 11) is 0. The lowest BCUT2D eigenvalue weighted by Crippen LogP contribution is -2.03. The van der Waals surface area contributed by atoms with Gasteiger partial charge in [-0.2, -0.15) is 0 Å². The van der Waals surface area contributed by atoms with Gasteiger partial charge < -0.3 is 0 Å². The fourth-order valence-electron chi connectivity index (χ4n) is 6.42. The van der Waals surface area contributed by atoms with Crippen LogP contribution in [0.4, 0.5) is 0 Å². The Hall–Kier alpha value is -5.47. The molecule has 0 saturated heterocycles. The van der Waals surface area contributed by atoms with Gasteiger partial charge in [-0.15, -0.1) is 0 Å². The molecule has 0 bridgehead atoms. The molecule has 0 unspecified atom stereocenters. The molecule has 0 aliphatic heterocycles. The summed E-state index contributed by atoms with van der Waals surface area (Å²) in [4.78, 5) is 4.60. The molecule has 0 fully saturated rings. The molecule has 204 valence electrons. The summed E-state index contributed by atoms with van der Waals surface area (Å²) in [5.41, 5.74) is 8.21. The second-order valence-electron chi connectivity index (χ2n) is 10.7. The summed E-state index contributed by atoms with van der Waals surface area (Å²) in [6.45, 7) is -2.93. The van der Waals surface area contributed by atoms with Crippen LogP contribution in [-0.2, 0) is 6.37 Å². The Morgan fingerprint density at radius 2 is 1.07 bits per heavy atom. The lowest BCUT2D eigenvalue weighted by Gasteiger charge is -2.20. The van der Waals surface area contributed by atoms with Gasteiger partial charge in [-0.1, -0.05) is 140 Å². The van der Waals surface area contributed by atoms with Gasteiger partial charge in [0.1, 0.15) is 5.82 Å². The number of aromatic nitrogens is 2. The van der Waals surface area contributed by atoms with E-state index in [0.29, 0.717) is 16.7 Å². The minimum absolute atomic E-state index is 0.153. The molecule has 8 rings (SSSR count). The van der Waals surface area contributed by atoms with Crippen LogP contribution in [0.15, 0.2) is 152 Å². The summed E-state index contributed by atoms with van der Waals surface area (Å²) in [5.74, 6) is -0.153. The van der Waals surface area contributed by atoms with Gasteiger partial charge >= 0.3 is 0 Å². The fraction of sp³-hybridized carbons (Fsp3) is 0.0488. The Morgan fingerprint density at radius 3 is 1.77 bits per heavy atom. The second-order valence-corrected chi connectivity index (χ2v) is 10.7. The Kier molecular flexibility index (Phi) is 4.95. The number of benzene rings is 7. The van der Waals surface area contributed by atoms with Gasteiger partial charge in [0, 0.05) is 18.8 Å². The van der Waals surface area contributed by atoms with Crippen LogP contribution in [-0.4, -0.2) is 9.55 Å². The highest BCUT2D eigenvalue weighted by molar-refractivity contribution is 6.22. The summed E-state index contributed by atoms with van der Waals surface area (Å²) in [5, 5.41) is 4.25.